The molecule has 5 heteroatoms. The highest BCUT2D eigenvalue weighted by Crippen LogP contribution is 2.24. The molecule has 0 bridgehead atoms. The molecule has 0 aromatic heterocycles. The maximum absolute atomic E-state index is 13.4. The zero-order valence-corrected chi connectivity index (χ0v) is 11.8. The first-order valence-electron chi connectivity index (χ1n) is 6.39. The second-order valence-corrected chi connectivity index (χ2v) is 4.43. The van der Waals surface area contributed by atoms with Gasteiger partial charge in [0.15, 0.2) is 0 Å². The molecular weight excluding hydrogens is 273 g/mol. The number of hydrogen-bond acceptors (Lipinski definition) is 4. The summed E-state index contributed by atoms with van der Waals surface area (Å²) in [5.41, 5.74) is 1.73. The molecule has 0 heterocycles. The Morgan fingerprint density at radius 2 is 1.95 bits per heavy atom. The van der Waals surface area contributed by atoms with Crippen LogP contribution < -0.4 is 9.47 Å². The van der Waals surface area contributed by atoms with E-state index < -0.39 is 5.82 Å². The van der Waals surface area contributed by atoms with Gasteiger partial charge in [0.1, 0.15) is 23.9 Å². The van der Waals surface area contributed by atoms with Gasteiger partial charge in [0, 0.05) is 17.2 Å². The largest absolute Gasteiger partial charge is 0.496 e. The fourth-order valence-electron chi connectivity index (χ4n) is 1.95. The molecule has 0 amide bonds. The fraction of sp³-hybridized carbons (Fsp3) is 0.188. The molecule has 110 valence electrons. The lowest BCUT2D eigenvalue weighted by atomic mass is 10.1. The molecule has 21 heavy (non-hydrogen) atoms. The summed E-state index contributed by atoms with van der Waals surface area (Å²) in [5, 5.41) is 12.0. The average Bonchev–Trinajstić information content (AvgIpc) is 2.52. The molecule has 0 unspecified atom stereocenters. The van der Waals surface area contributed by atoms with Gasteiger partial charge in [-0.3, -0.25) is 0 Å². The molecule has 0 fully saturated rings. The molecule has 0 saturated carbocycles. The Bertz CT molecular complexity index is 656. The van der Waals surface area contributed by atoms with Crippen molar-refractivity contribution in [1.82, 2.24) is 0 Å². The van der Waals surface area contributed by atoms with Crippen molar-refractivity contribution >= 4 is 5.71 Å². The Balaban J connectivity index is 2.25. The van der Waals surface area contributed by atoms with Crippen LogP contribution in [0.3, 0.4) is 0 Å². The highest BCUT2D eigenvalue weighted by molar-refractivity contribution is 6.00. The van der Waals surface area contributed by atoms with Crippen molar-refractivity contribution in [3.05, 3.63) is 59.4 Å². The normalized spacial score (nSPS) is 11.3. The van der Waals surface area contributed by atoms with Crippen LogP contribution in [0.15, 0.2) is 47.6 Å². The van der Waals surface area contributed by atoms with Crippen LogP contribution in [0.1, 0.15) is 18.1 Å². The molecule has 0 aliphatic carbocycles. The minimum atomic E-state index is -0.417. The lowest BCUT2D eigenvalue weighted by Crippen LogP contribution is -2.04. The molecule has 0 atom stereocenters. The van der Waals surface area contributed by atoms with Crippen LogP contribution in [-0.2, 0) is 6.61 Å². The number of benzene rings is 2. The zero-order chi connectivity index (χ0) is 15.2. The summed E-state index contributed by atoms with van der Waals surface area (Å²) in [7, 11) is 1.58. The van der Waals surface area contributed by atoms with Crippen molar-refractivity contribution in [2.45, 2.75) is 13.5 Å². The molecule has 0 radical (unpaired) electrons. The minimum absolute atomic E-state index is 0.221. The smallest absolute Gasteiger partial charge is 0.131 e. The van der Waals surface area contributed by atoms with E-state index in [0.717, 1.165) is 5.56 Å². The van der Waals surface area contributed by atoms with Gasteiger partial charge in [0.2, 0.25) is 0 Å². The molecule has 4 nitrogen and oxygen atoms in total. The maximum atomic E-state index is 13.4. The quantitative estimate of drug-likeness (QED) is 0.519. The Morgan fingerprint density at radius 3 is 2.67 bits per heavy atom. The van der Waals surface area contributed by atoms with Crippen LogP contribution in [0.5, 0.6) is 11.5 Å². The van der Waals surface area contributed by atoms with E-state index in [1.165, 1.54) is 18.2 Å². The number of hydrogen-bond donors (Lipinski definition) is 1. The van der Waals surface area contributed by atoms with E-state index in [0.29, 0.717) is 22.8 Å². The summed E-state index contributed by atoms with van der Waals surface area (Å²) in [6, 6.07) is 11.5. The second-order valence-electron chi connectivity index (χ2n) is 4.43. The molecule has 0 aliphatic rings. The third-order valence-electron chi connectivity index (χ3n) is 3.06. The second kappa shape index (κ2) is 6.74. The summed E-state index contributed by atoms with van der Waals surface area (Å²) in [6.07, 6.45) is 0. The summed E-state index contributed by atoms with van der Waals surface area (Å²) >= 11 is 0. The van der Waals surface area contributed by atoms with Gasteiger partial charge in [-0.1, -0.05) is 23.4 Å². The molecule has 0 spiro atoms. The van der Waals surface area contributed by atoms with E-state index in [4.69, 9.17) is 14.7 Å². The third kappa shape index (κ3) is 3.51. The Kier molecular flexibility index (Phi) is 4.77. The van der Waals surface area contributed by atoms with E-state index in [2.05, 4.69) is 5.16 Å². The first-order chi connectivity index (χ1) is 10.2. The van der Waals surface area contributed by atoms with E-state index in [1.54, 1.807) is 14.0 Å². The number of halogens is 1. The number of nitrogens with zero attached hydrogens (tertiary/aromatic N) is 1. The highest BCUT2D eigenvalue weighted by atomic mass is 19.1. The van der Waals surface area contributed by atoms with Crippen molar-refractivity contribution in [3.63, 3.8) is 0 Å². The number of oxime groups is 1. The van der Waals surface area contributed by atoms with Crippen LogP contribution in [0, 0.1) is 5.82 Å². The predicted molar refractivity (Wildman–Crippen MR) is 77.7 cm³/mol. The number of methoxy groups -OCH3 is 1. The summed E-state index contributed by atoms with van der Waals surface area (Å²) in [6.45, 7) is 1.84. The van der Waals surface area contributed by atoms with Crippen molar-refractivity contribution in [3.8, 4) is 11.5 Å². The predicted octanol–water partition coefficient (Wildman–Crippen LogP) is 3.61. The lowest BCUT2D eigenvalue weighted by molar-refractivity contribution is 0.293. The van der Waals surface area contributed by atoms with E-state index in [9.17, 15) is 4.39 Å². The van der Waals surface area contributed by atoms with Crippen LogP contribution in [0.4, 0.5) is 4.39 Å². The SMILES string of the molecule is COc1ccccc1COc1cc(F)ccc1C(C)=NO. The first kappa shape index (κ1) is 14.8. The number of ether oxygens (including phenoxy) is 2. The van der Waals surface area contributed by atoms with Gasteiger partial charge < -0.3 is 14.7 Å². The topological polar surface area (TPSA) is 51.0 Å². The fourth-order valence-corrected chi connectivity index (χ4v) is 1.95. The third-order valence-corrected chi connectivity index (χ3v) is 3.06. The molecule has 2 aromatic rings. The number of para-hydroxylation sites is 1. The van der Waals surface area contributed by atoms with Gasteiger partial charge in [0.25, 0.3) is 0 Å². The molecule has 1 N–H and O–H groups in total. The standard InChI is InChI=1S/C16H16FNO3/c1-11(18-19)14-8-7-13(17)9-16(14)21-10-12-5-3-4-6-15(12)20-2/h3-9,19H,10H2,1-2H3. The van der Waals surface area contributed by atoms with Gasteiger partial charge in [-0.15, -0.1) is 0 Å². The van der Waals surface area contributed by atoms with Crippen LogP contribution in [-0.4, -0.2) is 18.0 Å². The summed E-state index contributed by atoms with van der Waals surface area (Å²) in [4.78, 5) is 0. The molecular formula is C16H16FNO3. The van der Waals surface area contributed by atoms with Crippen molar-refractivity contribution < 1.29 is 19.1 Å². The average molecular weight is 289 g/mol. The van der Waals surface area contributed by atoms with Crippen LogP contribution in [0.25, 0.3) is 0 Å². The molecule has 0 aliphatic heterocycles. The summed E-state index contributed by atoms with van der Waals surface area (Å²) in [5.74, 6) is 0.596. The zero-order valence-electron chi connectivity index (χ0n) is 11.8. The van der Waals surface area contributed by atoms with E-state index in [1.807, 2.05) is 24.3 Å². The van der Waals surface area contributed by atoms with Gasteiger partial charge in [-0.2, -0.15) is 0 Å². The molecule has 2 aromatic carbocycles. The number of rotatable bonds is 5. The Hall–Kier alpha value is -2.56. The maximum Gasteiger partial charge on any atom is 0.131 e. The summed E-state index contributed by atoms with van der Waals surface area (Å²) < 4.78 is 24.3. The molecule has 2 rings (SSSR count). The van der Waals surface area contributed by atoms with Gasteiger partial charge in [-0.25, -0.2) is 4.39 Å². The van der Waals surface area contributed by atoms with Crippen molar-refractivity contribution in [2.75, 3.05) is 7.11 Å². The highest BCUT2D eigenvalue weighted by Gasteiger charge is 2.10. The van der Waals surface area contributed by atoms with Crippen LogP contribution >= 0.6 is 0 Å². The van der Waals surface area contributed by atoms with Crippen molar-refractivity contribution in [1.29, 1.82) is 0 Å². The van der Waals surface area contributed by atoms with E-state index >= 15 is 0 Å². The Labute approximate surface area is 122 Å². The minimum Gasteiger partial charge on any atom is -0.496 e. The Morgan fingerprint density at radius 1 is 1.19 bits per heavy atom. The van der Waals surface area contributed by atoms with Gasteiger partial charge in [-0.05, 0) is 25.1 Å². The van der Waals surface area contributed by atoms with Gasteiger partial charge >= 0.3 is 0 Å². The van der Waals surface area contributed by atoms with Gasteiger partial charge in [0.05, 0.1) is 12.8 Å². The molecule has 0 saturated heterocycles. The first-order valence-corrected chi connectivity index (χ1v) is 6.39. The van der Waals surface area contributed by atoms with Crippen LogP contribution in [0.2, 0.25) is 0 Å². The van der Waals surface area contributed by atoms with E-state index in [-0.39, 0.29) is 6.61 Å². The monoisotopic (exact) mass is 289 g/mol. The lowest BCUT2D eigenvalue weighted by Gasteiger charge is -2.13. The van der Waals surface area contributed by atoms with Crippen molar-refractivity contribution in [2.24, 2.45) is 5.16 Å².